The first-order valence-electron chi connectivity index (χ1n) is 33.1. The van der Waals surface area contributed by atoms with Crippen LogP contribution in [0.3, 0.4) is 0 Å². The predicted molar refractivity (Wildman–Crippen MR) is 319 cm³/mol. The molecular weight excluding hydrogens is 991 g/mol. The number of aliphatic hydroxyl groups is 4. The van der Waals surface area contributed by atoms with Crippen molar-refractivity contribution in [1.29, 1.82) is 0 Å². The number of nitrogens with one attached hydrogen (secondary N) is 1. The molecule has 77 heavy (non-hydrogen) atoms. The van der Waals surface area contributed by atoms with Crippen LogP contribution in [0.4, 0.5) is 0 Å². The monoisotopic (exact) mass is 1120 g/mol. The minimum Gasteiger partial charge on any atom is -0.394 e. The van der Waals surface area contributed by atoms with Crippen LogP contribution in [-0.2, 0) is 28.9 Å². The first-order chi connectivity index (χ1) is 37.5. The Morgan fingerprint density at radius 1 is 0.506 bits per heavy atom. The molecule has 1 amide bonds. The second-order valence-corrected chi connectivity index (χ2v) is 24.5. The van der Waals surface area contributed by atoms with E-state index < -0.39 is 59.9 Å². The topological polar surface area (TPSA) is 192 Å². The number of ether oxygens (including phenoxy) is 2. The summed E-state index contributed by atoms with van der Waals surface area (Å²) in [6, 6.07) is -0.854. The molecule has 0 bridgehead atoms. The van der Waals surface area contributed by atoms with E-state index in [0.717, 1.165) is 51.4 Å². The molecule has 1 fully saturated rings. The highest BCUT2D eigenvalue weighted by atomic mass is 32.3. The van der Waals surface area contributed by atoms with Gasteiger partial charge in [-0.3, -0.25) is 9.35 Å². The molecule has 1 rings (SSSR count). The normalized spacial score (nSPS) is 18.9. The molecule has 0 aromatic rings. The molecule has 1 heterocycles. The Balaban J connectivity index is 2.09. The molecule has 12 nitrogen and oxygen atoms in total. The van der Waals surface area contributed by atoms with Crippen molar-refractivity contribution >= 4 is 16.3 Å². The minimum atomic E-state index is -5.08. The molecule has 7 unspecified atom stereocenters. The number of unbranched alkanes of at least 4 members (excludes halogenated alkanes) is 45. The molecule has 0 aliphatic carbocycles. The van der Waals surface area contributed by atoms with Crippen molar-refractivity contribution in [1.82, 2.24) is 5.32 Å². The van der Waals surface area contributed by atoms with Crippen LogP contribution in [0.5, 0.6) is 0 Å². The molecule has 458 valence electrons. The number of allylic oxidation sites excluding steroid dienone is 2. The third-order valence-corrected chi connectivity index (χ3v) is 16.5. The quantitative estimate of drug-likeness (QED) is 0.0193. The van der Waals surface area contributed by atoms with Crippen molar-refractivity contribution in [2.24, 2.45) is 0 Å². The maximum atomic E-state index is 13.1. The van der Waals surface area contributed by atoms with Crippen molar-refractivity contribution < 1.29 is 51.8 Å². The molecule has 13 heteroatoms. The van der Waals surface area contributed by atoms with Crippen LogP contribution in [0.25, 0.3) is 0 Å². The summed E-state index contributed by atoms with van der Waals surface area (Å²) in [5, 5.41) is 45.0. The van der Waals surface area contributed by atoms with E-state index in [1.54, 1.807) is 0 Å². The van der Waals surface area contributed by atoms with E-state index in [1.165, 1.54) is 257 Å². The van der Waals surface area contributed by atoms with Crippen LogP contribution < -0.4 is 5.32 Å². The number of hydrogen-bond donors (Lipinski definition) is 6. The van der Waals surface area contributed by atoms with Gasteiger partial charge in [-0.15, -0.1) is 0 Å². The molecular formula is C64H125NO11S. The second kappa shape index (κ2) is 54.1. The Labute approximate surface area is 474 Å². The van der Waals surface area contributed by atoms with Gasteiger partial charge >= 0.3 is 10.4 Å². The van der Waals surface area contributed by atoms with Crippen molar-refractivity contribution in [3.8, 4) is 0 Å². The summed E-state index contributed by atoms with van der Waals surface area (Å²) in [5.41, 5.74) is 0. The van der Waals surface area contributed by atoms with E-state index in [1.807, 2.05) is 0 Å². The Morgan fingerprint density at radius 3 is 1.17 bits per heavy atom. The van der Waals surface area contributed by atoms with Gasteiger partial charge in [0.15, 0.2) is 6.29 Å². The number of rotatable bonds is 59. The van der Waals surface area contributed by atoms with Gasteiger partial charge in [-0.25, -0.2) is 4.18 Å². The fraction of sp³-hybridized carbons (Fsp3) is 0.953. The minimum absolute atomic E-state index is 0.225. The summed E-state index contributed by atoms with van der Waals surface area (Å²) in [6.07, 6.45) is 58.6. The van der Waals surface area contributed by atoms with Crippen LogP contribution in [0.1, 0.15) is 335 Å². The summed E-state index contributed by atoms with van der Waals surface area (Å²) < 4.78 is 47.9. The first kappa shape index (κ1) is 73.9. The van der Waals surface area contributed by atoms with E-state index in [9.17, 15) is 38.2 Å². The van der Waals surface area contributed by atoms with Gasteiger partial charge in [0.2, 0.25) is 5.91 Å². The van der Waals surface area contributed by atoms with Crippen molar-refractivity contribution in [2.75, 3.05) is 13.2 Å². The average molecular weight is 1120 g/mol. The molecule has 1 aliphatic heterocycles. The summed E-state index contributed by atoms with van der Waals surface area (Å²) in [5.74, 6) is -0.225. The van der Waals surface area contributed by atoms with Crippen LogP contribution in [-0.4, -0.2) is 95.4 Å². The Kier molecular flexibility index (Phi) is 51.9. The van der Waals surface area contributed by atoms with Gasteiger partial charge in [-0.05, 0) is 38.5 Å². The lowest BCUT2D eigenvalue weighted by Crippen LogP contribution is -2.61. The zero-order valence-electron chi connectivity index (χ0n) is 50.1. The fourth-order valence-corrected chi connectivity index (χ4v) is 11.5. The Hall–Kier alpha value is -1.16. The molecule has 1 aliphatic rings. The smallest absolute Gasteiger partial charge is 0.394 e. The average Bonchev–Trinajstić information content (AvgIpc) is 3.41. The van der Waals surface area contributed by atoms with Crippen LogP contribution in [0, 0.1) is 0 Å². The summed E-state index contributed by atoms with van der Waals surface area (Å²) in [4.78, 5) is 13.1. The van der Waals surface area contributed by atoms with Gasteiger partial charge < -0.3 is 35.2 Å². The summed E-state index contributed by atoms with van der Waals surface area (Å²) in [6.45, 7) is 3.48. The third kappa shape index (κ3) is 46.1. The van der Waals surface area contributed by atoms with Gasteiger partial charge in [-0.1, -0.05) is 302 Å². The molecule has 0 spiro atoms. The highest BCUT2D eigenvalue weighted by molar-refractivity contribution is 7.80. The van der Waals surface area contributed by atoms with E-state index >= 15 is 0 Å². The number of carbonyl (C=O) groups is 1. The Bertz CT molecular complexity index is 1400. The van der Waals surface area contributed by atoms with Crippen LogP contribution >= 0.6 is 0 Å². The molecule has 1 saturated heterocycles. The predicted octanol–water partition coefficient (Wildman–Crippen LogP) is 16.6. The lowest BCUT2D eigenvalue weighted by atomic mass is 9.99. The van der Waals surface area contributed by atoms with Gasteiger partial charge in [0.25, 0.3) is 0 Å². The maximum Gasteiger partial charge on any atom is 0.397 e. The number of aliphatic hydroxyl groups excluding tert-OH is 4. The van der Waals surface area contributed by atoms with Crippen molar-refractivity contribution in [3.05, 3.63) is 12.2 Å². The zero-order chi connectivity index (χ0) is 56.1. The van der Waals surface area contributed by atoms with E-state index in [0.29, 0.717) is 12.8 Å². The summed E-state index contributed by atoms with van der Waals surface area (Å²) >= 11 is 0. The Morgan fingerprint density at radius 2 is 0.831 bits per heavy atom. The molecule has 0 aromatic heterocycles. The lowest BCUT2D eigenvalue weighted by Gasteiger charge is -2.41. The molecule has 6 N–H and O–H groups in total. The van der Waals surface area contributed by atoms with E-state index in [2.05, 4.69) is 35.5 Å². The van der Waals surface area contributed by atoms with E-state index in [-0.39, 0.29) is 12.5 Å². The molecule has 0 aromatic carbocycles. The lowest BCUT2D eigenvalue weighted by molar-refractivity contribution is -0.298. The maximum absolute atomic E-state index is 13.1. The second-order valence-electron chi connectivity index (χ2n) is 23.4. The van der Waals surface area contributed by atoms with E-state index in [4.69, 9.17) is 9.47 Å². The number of hydrogen-bond acceptors (Lipinski definition) is 10. The van der Waals surface area contributed by atoms with Crippen LogP contribution in [0.2, 0.25) is 0 Å². The molecule has 7 atom stereocenters. The van der Waals surface area contributed by atoms with Gasteiger partial charge in [0.1, 0.15) is 24.4 Å². The van der Waals surface area contributed by atoms with Crippen molar-refractivity contribution in [3.63, 3.8) is 0 Å². The zero-order valence-corrected chi connectivity index (χ0v) is 50.9. The first-order valence-corrected chi connectivity index (χ1v) is 34.4. The fourth-order valence-electron chi connectivity index (χ4n) is 11.0. The number of carbonyl (C=O) groups excluding carboxylic acids is 1. The summed E-state index contributed by atoms with van der Waals surface area (Å²) in [7, 11) is -5.08. The van der Waals surface area contributed by atoms with Gasteiger partial charge in [-0.2, -0.15) is 8.42 Å². The highest BCUT2D eigenvalue weighted by Gasteiger charge is 2.48. The standard InChI is InChI=1S/C64H125NO11S/c1-3-5-7-9-11-13-15-16-17-18-19-20-21-22-23-24-25-26-27-28-29-30-31-32-33-34-35-36-37-38-39-40-41-42-44-46-48-50-52-54-60(68)65-57(58(67)53-51-49-47-45-43-14-12-10-8-6-4-2)56-74-64-62(70)63(76-77(71,72)73)61(69)59(55-66)75-64/h28-29,57-59,61-64,66-67,69-70H,3-27,30-56H2,1-2H3,(H,65,68)(H,71,72,73)/b29-28-. The number of amides is 1. The van der Waals surface area contributed by atoms with Gasteiger partial charge in [0.05, 0.1) is 25.4 Å². The van der Waals surface area contributed by atoms with Gasteiger partial charge in [0, 0.05) is 6.42 Å². The third-order valence-electron chi connectivity index (χ3n) is 16.1. The van der Waals surface area contributed by atoms with Crippen LogP contribution in [0.15, 0.2) is 12.2 Å². The SMILES string of the molecule is CCCCCCCCCCCCCCCCCCCC/C=C\CCCCCCCCCCCCCCCCCCCC(=O)NC(COC1OC(CO)C(O)C(OS(=O)(=O)O)C1O)C(O)CCCCCCCCCCCCC. The molecule has 0 radical (unpaired) electrons. The molecule has 0 saturated carbocycles. The van der Waals surface area contributed by atoms with Crippen molar-refractivity contribution in [2.45, 2.75) is 378 Å². The largest absolute Gasteiger partial charge is 0.397 e. The highest BCUT2D eigenvalue weighted by Crippen LogP contribution is 2.26.